The summed E-state index contributed by atoms with van der Waals surface area (Å²) >= 11 is 0. The fourth-order valence-corrected chi connectivity index (χ4v) is 1.81. The monoisotopic (exact) mass is 252 g/mol. The highest BCUT2D eigenvalue weighted by Crippen LogP contribution is 2.19. The van der Waals surface area contributed by atoms with Crippen molar-refractivity contribution in [2.45, 2.75) is 33.2 Å². The molecular weight excluding hydrogens is 231 g/mol. The number of halogens is 1. The number of rotatable bonds is 4. The molecule has 0 fully saturated rings. The average Bonchev–Trinajstić information content (AvgIpc) is 2.23. The largest absolute Gasteiger partial charge is 0.350 e. The van der Waals surface area contributed by atoms with Crippen LogP contribution in [0.25, 0.3) is 0 Å². The zero-order chi connectivity index (χ0) is 13.8. The molecule has 0 heterocycles. The van der Waals surface area contributed by atoms with E-state index in [-0.39, 0.29) is 17.4 Å². The Morgan fingerprint density at radius 1 is 1.44 bits per heavy atom. The highest BCUT2D eigenvalue weighted by molar-refractivity contribution is 5.94. The van der Waals surface area contributed by atoms with E-state index in [1.807, 2.05) is 0 Å². The third-order valence-electron chi connectivity index (χ3n) is 2.49. The smallest absolute Gasteiger partial charge is 0.251 e. The van der Waals surface area contributed by atoms with Crippen molar-refractivity contribution in [3.05, 3.63) is 35.6 Å². The number of amides is 1. The maximum Gasteiger partial charge on any atom is 0.251 e. The van der Waals surface area contributed by atoms with E-state index in [1.165, 1.54) is 18.2 Å². The third kappa shape index (κ3) is 5.27. The number of nitrogens with one attached hydrogen (secondary N) is 1. The summed E-state index contributed by atoms with van der Waals surface area (Å²) in [6, 6.07) is 5.52. The first-order valence-corrected chi connectivity index (χ1v) is 6.07. The molecule has 0 bridgehead atoms. The van der Waals surface area contributed by atoms with Gasteiger partial charge in [-0.05, 0) is 30.0 Å². The van der Waals surface area contributed by atoms with Crippen molar-refractivity contribution in [3.63, 3.8) is 0 Å². The first kappa shape index (κ1) is 14.6. The minimum atomic E-state index is -0.415. The Balaban J connectivity index is 2.47. The van der Waals surface area contributed by atoms with E-state index in [0.717, 1.165) is 6.42 Å². The molecule has 0 aliphatic heterocycles. The molecule has 0 aliphatic rings. The summed E-state index contributed by atoms with van der Waals surface area (Å²) in [5.74, 6) is -0.708. The summed E-state index contributed by atoms with van der Waals surface area (Å²) in [6.45, 7) is 6.69. The Morgan fingerprint density at radius 2 is 2.11 bits per heavy atom. The van der Waals surface area contributed by atoms with Crippen LogP contribution >= 0.6 is 0 Å². The summed E-state index contributed by atoms with van der Waals surface area (Å²) in [6.07, 6.45) is 0.816. The molecule has 0 saturated carbocycles. The van der Waals surface area contributed by atoms with E-state index >= 15 is 0 Å². The Morgan fingerprint density at radius 3 is 2.67 bits per heavy atom. The Hall–Kier alpha value is -1.42. The van der Waals surface area contributed by atoms with Crippen molar-refractivity contribution in [3.8, 4) is 0 Å². The second-order valence-electron chi connectivity index (χ2n) is 5.75. The molecule has 1 atom stereocenters. The van der Waals surface area contributed by atoms with Gasteiger partial charge in [0.25, 0.3) is 5.91 Å². The second-order valence-corrected chi connectivity index (χ2v) is 5.75. The maximum absolute atomic E-state index is 12.9. The molecule has 1 aromatic carbocycles. The third-order valence-corrected chi connectivity index (χ3v) is 2.49. The highest BCUT2D eigenvalue weighted by atomic mass is 19.1. The van der Waals surface area contributed by atoms with E-state index in [9.17, 15) is 9.18 Å². The minimum Gasteiger partial charge on any atom is -0.350 e. The zero-order valence-electron chi connectivity index (χ0n) is 11.2. The fraction of sp³-hybridized carbons (Fsp3) is 0.500. The van der Waals surface area contributed by atoms with Crippen molar-refractivity contribution in [2.24, 2.45) is 11.1 Å². The molecule has 18 heavy (non-hydrogen) atoms. The van der Waals surface area contributed by atoms with Crippen LogP contribution in [-0.2, 0) is 0 Å². The van der Waals surface area contributed by atoms with Crippen LogP contribution < -0.4 is 11.1 Å². The van der Waals surface area contributed by atoms with E-state index in [1.54, 1.807) is 6.07 Å². The normalized spacial score (nSPS) is 13.2. The summed E-state index contributed by atoms with van der Waals surface area (Å²) in [5, 5.41) is 2.72. The molecule has 100 valence electrons. The number of nitrogens with two attached hydrogens (primary N) is 1. The Labute approximate surface area is 108 Å². The predicted octanol–water partition coefficient (Wildman–Crippen LogP) is 2.32. The second kappa shape index (κ2) is 5.96. The van der Waals surface area contributed by atoms with Crippen LogP contribution in [0.5, 0.6) is 0 Å². The van der Waals surface area contributed by atoms with Gasteiger partial charge in [0.05, 0.1) is 0 Å². The van der Waals surface area contributed by atoms with Crippen molar-refractivity contribution in [2.75, 3.05) is 6.54 Å². The van der Waals surface area contributed by atoms with Gasteiger partial charge in [0.2, 0.25) is 0 Å². The Bertz CT molecular complexity index is 413. The lowest BCUT2D eigenvalue weighted by atomic mass is 9.88. The standard InChI is InChI=1S/C14H21FN2O/c1-14(2,3)8-12(16)9-17-13(18)10-5-4-6-11(15)7-10/h4-7,12H,8-9,16H2,1-3H3,(H,17,18). The minimum absolute atomic E-state index is 0.0949. The van der Waals surface area contributed by atoms with Gasteiger partial charge in [-0.2, -0.15) is 0 Å². The molecule has 0 saturated heterocycles. The fourth-order valence-electron chi connectivity index (χ4n) is 1.81. The summed E-state index contributed by atoms with van der Waals surface area (Å²) in [7, 11) is 0. The van der Waals surface area contributed by atoms with Gasteiger partial charge in [0.15, 0.2) is 0 Å². The average molecular weight is 252 g/mol. The van der Waals surface area contributed by atoms with E-state index in [4.69, 9.17) is 5.73 Å². The van der Waals surface area contributed by atoms with E-state index in [2.05, 4.69) is 26.1 Å². The molecular formula is C14H21FN2O. The van der Waals surface area contributed by atoms with Crippen LogP contribution in [0.2, 0.25) is 0 Å². The summed E-state index contributed by atoms with van der Waals surface area (Å²) in [5.41, 5.74) is 6.37. The van der Waals surface area contributed by atoms with Gasteiger partial charge in [-0.25, -0.2) is 4.39 Å². The molecule has 4 heteroatoms. The van der Waals surface area contributed by atoms with Crippen LogP contribution in [0, 0.1) is 11.2 Å². The lowest BCUT2D eigenvalue weighted by molar-refractivity contribution is 0.0948. The molecule has 0 radical (unpaired) electrons. The first-order valence-electron chi connectivity index (χ1n) is 6.07. The van der Waals surface area contributed by atoms with Crippen LogP contribution in [0.3, 0.4) is 0 Å². The van der Waals surface area contributed by atoms with Gasteiger partial charge in [-0.15, -0.1) is 0 Å². The van der Waals surface area contributed by atoms with Crippen molar-refractivity contribution < 1.29 is 9.18 Å². The first-order chi connectivity index (χ1) is 8.28. The number of benzene rings is 1. The van der Waals surface area contributed by atoms with E-state index < -0.39 is 5.82 Å². The van der Waals surface area contributed by atoms with Crippen molar-refractivity contribution >= 4 is 5.91 Å². The lowest BCUT2D eigenvalue weighted by Crippen LogP contribution is -2.39. The molecule has 0 aromatic heterocycles. The summed E-state index contributed by atoms with van der Waals surface area (Å²) < 4.78 is 12.9. The maximum atomic E-state index is 12.9. The van der Waals surface area contributed by atoms with Gasteiger partial charge in [0, 0.05) is 18.2 Å². The van der Waals surface area contributed by atoms with Gasteiger partial charge >= 0.3 is 0 Å². The zero-order valence-corrected chi connectivity index (χ0v) is 11.2. The highest BCUT2D eigenvalue weighted by Gasteiger charge is 2.16. The SMILES string of the molecule is CC(C)(C)CC(N)CNC(=O)c1cccc(F)c1. The molecule has 3 nitrogen and oxygen atoms in total. The molecule has 3 N–H and O–H groups in total. The molecule has 1 aromatic rings. The van der Waals surface area contributed by atoms with E-state index in [0.29, 0.717) is 12.1 Å². The number of carbonyl (C=O) groups excluding carboxylic acids is 1. The van der Waals surface area contributed by atoms with Crippen LogP contribution in [-0.4, -0.2) is 18.5 Å². The van der Waals surface area contributed by atoms with Gasteiger partial charge < -0.3 is 11.1 Å². The molecule has 0 spiro atoms. The van der Waals surface area contributed by atoms with Gasteiger partial charge in [-0.3, -0.25) is 4.79 Å². The molecule has 1 amide bonds. The quantitative estimate of drug-likeness (QED) is 0.864. The molecule has 1 unspecified atom stereocenters. The molecule has 0 aliphatic carbocycles. The van der Waals surface area contributed by atoms with Crippen LogP contribution in [0.15, 0.2) is 24.3 Å². The number of hydrogen-bond donors (Lipinski definition) is 2. The predicted molar refractivity (Wildman–Crippen MR) is 70.8 cm³/mol. The van der Waals surface area contributed by atoms with Crippen LogP contribution in [0.1, 0.15) is 37.6 Å². The number of hydrogen-bond acceptors (Lipinski definition) is 2. The Kier molecular flexibility index (Phi) is 4.84. The number of carbonyl (C=O) groups is 1. The summed E-state index contributed by atoms with van der Waals surface area (Å²) in [4.78, 5) is 11.7. The topological polar surface area (TPSA) is 55.1 Å². The van der Waals surface area contributed by atoms with Crippen LogP contribution in [0.4, 0.5) is 4.39 Å². The van der Waals surface area contributed by atoms with Crippen molar-refractivity contribution in [1.82, 2.24) is 5.32 Å². The molecule has 1 rings (SSSR count). The lowest BCUT2D eigenvalue weighted by Gasteiger charge is -2.23. The van der Waals surface area contributed by atoms with Crippen molar-refractivity contribution in [1.29, 1.82) is 0 Å². The van der Waals surface area contributed by atoms with Gasteiger partial charge in [-0.1, -0.05) is 26.8 Å². The van der Waals surface area contributed by atoms with Gasteiger partial charge in [0.1, 0.15) is 5.82 Å².